The van der Waals surface area contributed by atoms with Gasteiger partial charge in [0.2, 0.25) is 16.6 Å². The van der Waals surface area contributed by atoms with Crippen molar-refractivity contribution in [3.05, 3.63) is 158 Å². The lowest BCUT2D eigenvalue weighted by Crippen LogP contribution is -2.50. The van der Waals surface area contributed by atoms with Crippen molar-refractivity contribution in [2.75, 3.05) is 20.3 Å². The van der Waals surface area contributed by atoms with E-state index in [4.69, 9.17) is 17.7 Å². The van der Waals surface area contributed by atoms with E-state index in [1.807, 2.05) is 25.3 Å². The van der Waals surface area contributed by atoms with Gasteiger partial charge in [0.1, 0.15) is 0 Å². The van der Waals surface area contributed by atoms with Gasteiger partial charge >= 0.3 is 0 Å². The standard InChI is InChI=1S/C17H28O2Si2.C17H30OSi2.C16H28OSi2.C14H26OSi2/c1-6-21(7-2,8-3)15-14-20(5,19-16(4)18)17-12-10-9-11-13-17;1-6-18-19(5,17-13-11-10-12-14-17)15-16-20(7-2,8-3)9-4;1-6-19(7-2,8-3)15-14-18(5,17-4)16-12-10-9-11-13-16;1-6-15-17(4,5)13-12-16(2,3)14-10-8-7-9-11-14/h6,9-13H,1,7-8,14-15H2,2-5H3;7,10-14H,2,6,8-9,15-16H2,1,3-5H3;6,9-13H,1,7-8,14-15H2,2-5H3;7-11H,6,12-13H2,1-5H3. The van der Waals surface area contributed by atoms with Crippen LogP contribution in [0.5, 0.6) is 0 Å². The molecule has 4 aromatic rings. The zero-order valence-electron chi connectivity index (χ0n) is 52.3. The van der Waals surface area contributed by atoms with Gasteiger partial charge in [-0.3, -0.25) is 4.79 Å². The van der Waals surface area contributed by atoms with E-state index in [9.17, 15) is 4.79 Å². The van der Waals surface area contributed by atoms with Gasteiger partial charge in [-0.05, 0) is 86.3 Å². The number of rotatable bonds is 31. The molecule has 0 saturated carbocycles. The maximum absolute atomic E-state index is 11.6. The van der Waals surface area contributed by atoms with Gasteiger partial charge in [0, 0.05) is 27.2 Å². The zero-order chi connectivity index (χ0) is 58.3. The molecule has 0 aromatic heterocycles. The average Bonchev–Trinajstić information content (AvgIpc) is 3.45. The van der Waals surface area contributed by atoms with E-state index >= 15 is 0 Å². The smallest absolute Gasteiger partial charge is 0.289 e. The molecule has 0 spiro atoms. The van der Waals surface area contributed by atoms with Crippen LogP contribution in [0.25, 0.3) is 0 Å². The second kappa shape index (κ2) is 35.8. The van der Waals surface area contributed by atoms with Gasteiger partial charge in [0.25, 0.3) is 14.3 Å². The Kier molecular flexibility index (Phi) is 33.6. The van der Waals surface area contributed by atoms with Crippen LogP contribution >= 0.6 is 0 Å². The van der Waals surface area contributed by atoms with Crippen molar-refractivity contribution in [2.45, 2.75) is 193 Å². The van der Waals surface area contributed by atoms with E-state index in [1.165, 1.54) is 95.0 Å². The maximum Gasteiger partial charge on any atom is 0.289 e. The van der Waals surface area contributed by atoms with Crippen LogP contribution in [0.3, 0.4) is 0 Å². The molecule has 0 heterocycles. The molecule has 0 aliphatic carbocycles. The molecule has 0 amide bonds. The summed E-state index contributed by atoms with van der Waals surface area (Å²) in [6.07, 6.45) is 0. The van der Waals surface area contributed by atoms with Crippen LogP contribution in [0.15, 0.2) is 158 Å². The molecule has 77 heavy (non-hydrogen) atoms. The van der Waals surface area contributed by atoms with Crippen molar-refractivity contribution < 1.29 is 22.5 Å². The molecule has 3 unspecified atom stereocenters. The summed E-state index contributed by atoms with van der Waals surface area (Å²) < 4.78 is 24.0. The maximum atomic E-state index is 11.6. The van der Waals surface area contributed by atoms with Crippen molar-refractivity contribution in [1.29, 1.82) is 0 Å². The first-order chi connectivity index (χ1) is 36.4. The molecule has 5 nitrogen and oxygen atoms in total. The fourth-order valence-corrected chi connectivity index (χ4v) is 41.2. The molecule has 4 aromatic carbocycles. The summed E-state index contributed by atoms with van der Waals surface area (Å²) in [5.41, 5.74) is 6.82. The molecule has 13 heteroatoms. The molecule has 0 aliphatic rings. The minimum absolute atomic E-state index is 0.160. The van der Waals surface area contributed by atoms with E-state index in [-0.39, 0.29) is 5.97 Å². The molecule has 430 valence electrons. The third-order valence-corrected chi connectivity index (χ3v) is 51.2. The summed E-state index contributed by atoms with van der Waals surface area (Å²) in [5.74, 6) is -0.160. The van der Waals surface area contributed by atoms with E-state index < -0.39 is 65.6 Å². The van der Waals surface area contributed by atoms with E-state index in [0.717, 1.165) is 25.3 Å². The Morgan fingerprint density at radius 1 is 0.403 bits per heavy atom. The molecule has 0 fully saturated rings. The van der Waals surface area contributed by atoms with Crippen LogP contribution < -0.4 is 20.7 Å². The van der Waals surface area contributed by atoms with Crippen LogP contribution in [0.4, 0.5) is 0 Å². The highest BCUT2D eigenvalue weighted by Gasteiger charge is 2.39. The Morgan fingerprint density at radius 2 is 0.701 bits per heavy atom. The van der Waals surface area contributed by atoms with Gasteiger partial charge in [-0.25, -0.2) is 0 Å². The second-order valence-corrected chi connectivity index (χ2v) is 59.1. The Morgan fingerprint density at radius 3 is 1.00 bits per heavy atom. The summed E-state index contributed by atoms with van der Waals surface area (Å²) in [5, 5.41) is 5.62. The fourth-order valence-electron chi connectivity index (χ4n) is 10.5. The van der Waals surface area contributed by atoms with Gasteiger partial charge in [0.05, 0.1) is 32.3 Å². The zero-order valence-corrected chi connectivity index (χ0v) is 60.3. The summed E-state index contributed by atoms with van der Waals surface area (Å²) in [6, 6.07) is 60.4. The largest absolute Gasteiger partial charge is 0.515 e. The lowest BCUT2D eigenvalue weighted by Gasteiger charge is -2.32. The number of hydrogen-bond donors (Lipinski definition) is 0. The number of carbonyl (C=O) groups excluding carboxylic acids is 1. The van der Waals surface area contributed by atoms with E-state index in [0.29, 0.717) is 0 Å². The van der Waals surface area contributed by atoms with Crippen LogP contribution in [0.2, 0.25) is 130 Å². The van der Waals surface area contributed by atoms with Crippen molar-refractivity contribution >= 4 is 92.3 Å². The molecule has 0 radical (unpaired) electrons. The fraction of sp³-hybridized carbons (Fsp3) is 0.516. The van der Waals surface area contributed by atoms with Crippen LogP contribution in [0.1, 0.15) is 62.3 Å². The second-order valence-electron chi connectivity index (χ2n) is 23.3. The summed E-state index contributed by atoms with van der Waals surface area (Å²) in [7, 11) is -10.5. The van der Waals surface area contributed by atoms with E-state index in [1.54, 1.807) is 5.19 Å². The Labute approximate surface area is 482 Å². The van der Waals surface area contributed by atoms with Gasteiger partial charge in [-0.15, -0.1) is 36.8 Å². The Balaban J connectivity index is 0.000000515. The number of benzene rings is 4. The topological polar surface area (TPSA) is 54.0 Å². The highest BCUT2D eigenvalue weighted by Crippen LogP contribution is 2.31. The number of carbonyl (C=O) groups is 1. The first kappa shape index (κ1) is 72.2. The molecule has 4 rings (SSSR count). The molecule has 0 aliphatic heterocycles. The summed E-state index contributed by atoms with van der Waals surface area (Å²) in [6.45, 7) is 50.1. The minimum atomic E-state index is -2.21. The van der Waals surface area contributed by atoms with Crippen molar-refractivity contribution in [3.8, 4) is 0 Å². The highest BCUT2D eigenvalue weighted by atomic mass is 28.4. The van der Waals surface area contributed by atoms with Gasteiger partial charge in [0.15, 0.2) is 8.32 Å². The SMILES string of the molecule is C=C[Si](CC)(CC)CC[Si](C)(OC(C)=O)c1ccccc1.C=C[Si](CC)(CC)CC[Si](C)(OC)c1ccccc1.C=C[Si](CC)(CC)CC[Si](C)(OCC)c1ccccc1.CCO[Si](C)(C)CC[Si](C)(C)c1ccccc1. The van der Waals surface area contributed by atoms with Crippen LogP contribution in [-0.2, 0) is 22.5 Å². The van der Waals surface area contributed by atoms with Crippen molar-refractivity contribution in [2.24, 2.45) is 0 Å². The van der Waals surface area contributed by atoms with Gasteiger partial charge in [-0.1, -0.05) is 242 Å². The predicted molar refractivity (Wildman–Crippen MR) is 365 cm³/mol. The molecular formula is C64H112O5Si8. The molecule has 0 bridgehead atoms. The van der Waals surface area contributed by atoms with Crippen molar-refractivity contribution in [1.82, 2.24) is 0 Å². The first-order valence-corrected chi connectivity index (χ1v) is 51.8. The van der Waals surface area contributed by atoms with Gasteiger partial charge < -0.3 is 17.7 Å². The average molecular weight is 1190 g/mol. The molecule has 0 saturated heterocycles. The monoisotopic (exact) mass is 1180 g/mol. The molecule has 3 atom stereocenters. The highest BCUT2D eigenvalue weighted by molar-refractivity contribution is 6.92. The normalized spacial score (nSPS) is 14.2. The summed E-state index contributed by atoms with van der Waals surface area (Å²) in [4.78, 5) is 11.6. The van der Waals surface area contributed by atoms with Crippen molar-refractivity contribution in [3.63, 3.8) is 0 Å². The minimum Gasteiger partial charge on any atom is -0.515 e. The number of hydrogen-bond acceptors (Lipinski definition) is 5. The molecule has 0 N–H and O–H groups in total. The third-order valence-electron chi connectivity index (χ3n) is 17.7. The molecular weight excluding hydrogens is 1070 g/mol. The lowest BCUT2D eigenvalue weighted by molar-refractivity contribution is -0.132. The quantitative estimate of drug-likeness (QED) is 0.0470. The van der Waals surface area contributed by atoms with Crippen LogP contribution in [-0.4, -0.2) is 91.9 Å². The van der Waals surface area contributed by atoms with Gasteiger partial charge in [-0.2, -0.15) is 0 Å². The summed E-state index contributed by atoms with van der Waals surface area (Å²) >= 11 is 0. The van der Waals surface area contributed by atoms with E-state index in [2.05, 4.69) is 241 Å². The van der Waals surface area contributed by atoms with Crippen LogP contribution in [0, 0.1) is 0 Å². The third kappa shape index (κ3) is 24.0. The first-order valence-electron chi connectivity index (χ1n) is 29.6. The predicted octanol–water partition coefficient (Wildman–Crippen LogP) is 17.1. The Hall–Kier alpha value is -2.81. The Bertz CT molecular complexity index is 2220. The lowest BCUT2D eigenvalue weighted by atomic mass is 10.4.